The molecule has 1 saturated heterocycles. The number of carbonyl (C=O) groups is 1. The van der Waals surface area contributed by atoms with Gasteiger partial charge in [0.15, 0.2) is 5.82 Å². The lowest BCUT2D eigenvalue weighted by molar-refractivity contribution is 0.0656. The second-order valence-electron chi connectivity index (χ2n) is 5.37. The van der Waals surface area contributed by atoms with Crippen molar-refractivity contribution in [2.75, 3.05) is 19.6 Å². The molecule has 0 saturated carbocycles. The van der Waals surface area contributed by atoms with E-state index in [9.17, 15) is 4.79 Å². The fourth-order valence-electron chi connectivity index (χ4n) is 2.54. The third kappa shape index (κ3) is 2.80. The number of H-pyrrole nitrogens is 1. The summed E-state index contributed by atoms with van der Waals surface area (Å²) < 4.78 is 0. The van der Waals surface area contributed by atoms with Gasteiger partial charge >= 0.3 is 0 Å². The number of rotatable bonds is 2. The number of amides is 1. The van der Waals surface area contributed by atoms with Crippen molar-refractivity contribution in [3.63, 3.8) is 0 Å². The van der Waals surface area contributed by atoms with E-state index in [4.69, 9.17) is 0 Å². The van der Waals surface area contributed by atoms with Crippen LogP contribution in [-0.2, 0) is 0 Å². The molecule has 0 unspecified atom stereocenters. The van der Waals surface area contributed by atoms with Crippen LogP contribution >= 0.6 is 0 Å². The zero-order chi connectivity index (χ0) is 14.8. The van der Waals surface area contributed by atoms with Gasteiger partial charge in [-0.3, -0.25) is 9.89 Å². The molecule has 1 amide bonds. The smallest absolute Gasteiger partial charge is 0.254 e. The predicted octanol–water partition coefficient (Wildman–Crippen LogP) is 1.21. The van der Waals surface area contributed by atoms with E-state index in [2.05, 4.69) is 27.4 Å². The Morgan fingerprint density at radius 2 is 2.10 bits per heavy atom. The predicted molar refractivity (Wildman–Crippen MR) is 79.9 cm³/mol. The van der Waals surface area contributed by atoms with E-state index in [1.165, 1.54) is 0 Å². The first-order valence-corrected chi connectivity index (χ1v) is 7.16. The molecular weight excluding hydrogens is 266 g/mol. The Kier molecular flexibility index (Phi) is 3.70. The Morgan fingerprint density at radius 1 is 1.33 bits per heavy atom. The number of aromatic nitrogens is 3. The van der Waals surface area contributed by atoms with E-state index in [1.54, 1.807) is 0 Å². The molecule has 1 aromatic carbocycles. The molecule has 0 radical (unpaired) electrons. The van der Waals surface area contributed by atoms with Gasteiger partial charge in [-0.25, -0.2) is 4.98 Å². The van der Waals surface area contributed by atoms with E-state index in [0.29, 0.717) is 11.4 Å². The molecule has 0 aliphatic carbocycles. The van der Waals surface area contributed by atoms with E-state index in [1.807, 2.05) is 36.1 Å². The number of piperazine rings is 1. The maximum atomic E-state index is 12.5. The lowest BCUT2D eigenvalue weighted by Crippen LogP contribution is -2.52. The van der Waals surface area contributed by atoms with Gasteiger partial charge < -0.3 is 10.2 Å². The lowest BCUT2D eigenvalue weighted by atomic mass is 10.1. The minimum absolute atomic E-state index is 0.0849. The molecular formula is C15H19N5O. The highest BCUT2D eigenvalue weighted by atomic mass is 16.2. The summed E-state index contributed by atoms with van der Waals surface area (Å²) in [5, 5.41) is 10.2. The molecule has 2 aromatic rings. The Labute approximate surface area is 123 Å². The fraction of sp³-hybridized carbons (Fsp3) is 0.400. The topological polar surface area (TPSA) is 73.9 Å². The summed E-state index contributed by atoms with van der Waals surface area (Å²) in [4.78, 5) is 18.7. The highest BCUT2D eigenvalue weighted by Crippen LogP contribution is 2.17. The standard InChI is InChI=1S/C15H19N5O/c1-10-9-16-7-8-20(10)15(21)13-5-3-12(4-6-13)14-17-11(2)18-19-14/h3-6,10,16H,7-9H2,1-2H3,(H,17,18,19)/t10-/m0/s1. The summed E-state index contributed by atoms with van der Waals surface area (Å²) in [6.07, 6.45) is 0. The molecule has 1 atom stereocenters. The SMILES string of the molecule is Cc1nc(-c2ccc(C(=O)N3CCNC[C@@H]3C)cc2)n[nH]1. The van der Waals surface area contributed by atoms with Crippen LogP contribution in [0, 0.1) is 6.92 Å². The monoisotopic (exact) mass is 285 g/mol. The normalized spacial score (nSPS) is 18.8. The molecule has 6 nitrogen and oxygen atoms in total. The van der Waals surface area contributed by atoms with Gasteiger partial charge in [-0.15, -0.1) is 0 Å². The second-order valence-corrected chi connectivity index (χ2v) is 5.37. The number of aryl methyl sites for hydroxylation is 1. The molecule has 6 heteroatoms. The van der Waals surface area contributed by atoms with Gasteiger partial charge in [0, 0.05) is 36.8 Å². The number of nitrogens with one attached hydrogen (secondary N) is 2. The van der Waals surface area contributed by atoms with Crippen LogP contribution < -0.4 is 5.32 Å². The summed E-state index contributed by atoms with van der Waals surface area (Å²) in [7, 11) is 0. The quantitative estimate of drug-likeness (QED) is 0.870. The first-order valence-electron chi connectivity index (χ1n) is 7.16. The zero-order valence-corrected chi connectivity index (χ0v) is 12.3. The molecule has 0 bridgehead atoms. The van der Waals surface area contributed by atoms with Crippen molar-refractivity contribution in [2.45, 2.75) is 19.9 Å². The zero-order valence-electron chi connectivity index (χ0n) is 12.3. The second kappa shape index (κ2) is 5.65. The van der Waals surface area contributed by atoms with Gasteiger partial charge in [-0.2, -0.15) is 5.10 Å². The summed E-state index contributed by atoms with van der Waals surface area (Å²) in [6.45, 7) is 6.38. The molecule has 1 aliphatic rings. The highest BCUT2D eigenvalue weighted by Gasteiger charge is 2.23. The molecule has 2 heterocycles. The first-order chi connectivity index (χ1) is 10.1. The lowest BCUT2D eigenvalue weighted by Gasteiger charge is -2.34. The fourth-order valence-corrected chi connectivity index (χ4v) is 2.54. The number of hydrogen-bond donors (Lipinski definition) is 2. The van der Waals surface area contributed by atoms with Crippen LogP contribution in [0.1, 0.15) is 23.1 Å². The van der Waals surface area contributed by atoms with Crippen molar-refractivity contribution in [3.8, 4) is 11.4 Å². The van der Waals surface area contributed by atoms with Crippen molar-refractivity contribution < 1.29 is 4.79 Å². The minimum atomic E-state index is 0.0849. The molecule has 1 aliphatic heterocycles. The molecule has 1 aromatic heterocycles. The van der Waals surface area contributed by atoms with Gasteiger partial charge in [0.1, 0.15) is 5.82 Å². The maximum Gasteiger partial charge on any atom is 0.254 e. The van der Waals surface area contributed by atoms with E-state index in [-0.39, 0.29) is 11.9 Å². The van der Waals surface area contributed by atoms with Gasteiger partial charge in [0.2, 0.25) is 0 Å². The summed E-state index contributed by atoms with van der Waals surface area (Å²) in [5.41, 5.74) is 1.61. The third-order valence-corrected chi connectivity index (χ3v) is 3.75. The third-order valence-electron chi connectivity index (χ3n) is 3.75. The van der Waals surface area contributed by atoms with Crippen LogP contribution in [0.15, 0.2) is 24.3 Å². The number of aromatic amines is 1. The maximum absolute atomic E-state index is 12.5. The van der Waals surface area contributed by atoms with Crippen molar-refractivity contribution >= 4 is 5.91 Å². The van der Waals surface area contributed by atoms with Crippen molar-refractivity contribution in [1.29, 1.82) is 0 Å². The first kappa shape index (κ1) is 13.8. The molecule has 0 spiro atoms. The largest absolute Gasteiger partial charge is 0.333 e. The molecule has 110 valence electrons. The van der Waals surface area contributed by atoms with Crippen LogP contribution in [-0.4, -0.2) is 51.7 Å². The summed E-state index contributed by atoms with van der Waals surface area (Å²) in [5.74, 6) is 1.52. The Hall–Kier alpha value is -2.21. The molecule has 3 rings (SSSR count). The van der Waals surface area contributed by atoms with Crippen LogP contribution in [0.25, 0.3) is 11.4 Å². The summed E-state index contributed by atoms with van der Waals surface area (Å²) >= 11 is 0. The molecule has 1 fully saturated rings. The Morgan fingerprint density at radius 3 is 2.71 bits per heavy atom. The van der Waals surface area contributed by atoms with Crippen LogP contribution in [0.4, 0.5) is 0 Å². The number of hydrogen-bond acceptors (Lipinski definition) is 4. The number of nitrogens with zero attached hydrogens (tertiary/aromatic N) is 3. The van der Waals surface area contributed by atoms with Crippen LogP contribution in [0.5, 0.6) is 0 Å². The number of benzene rings is 1. The van der Waals surface area contributed by atoms with Gasteiger partial charge in [-0.05, 0) is 26.0 Å². The summed E-state index contributed by atoms with van der Waals surface area (Å²) in [6, 6.07) is 7.70. The number of carbonyl (C=O) groups excluding carboxylic acids is 1. The average molecular weight is 285 g/mol. The average Bonchev–Trinajstić information content (AvgIpc) is 2.94. The minimum Gasteiger partial charge on any atom is -0.333 e. The molecule has 2 N–H and O–H groups in total. The van der Waals surface area contributed by atoms with Crippen LogP contribution in [0.3, 0.4) is 0 Å². The van der Waals surface area contributed by atoms with E-state index in [0.717, 1.165) is 31.0 Å². The Balaban J connectivity index is 1.79. The Bertz CT molecular complexity index is 634. The van der Waals surface area contributed by atoms with Crippen molar-refractivity contribution in [3.05, 3.63) is 35.7 Å². The van der Waals surface area contributed by atoms with E-state index >= 15 is 0 Å². The van der Waals surface area contributed by atoms with Gasteiger partial charge in [-0.1, -0.05) is 12.1 Å². The van der Waals surface area contributed by atoms with Crippen molar-refractivity contribution in [2.24, 2.45) is 0 Å². The highest BCUT2D eigenvalue weighted by molar-refractivity contribution is 5.95. The molecule has 21 heavy (non-hydrogen) atoms. The van der Waals surface area contributed by atoms with Gasteiger partial charge in [0.25, 0.3) is 5.91 Å². The van der Waals surface area contributed by atoms with Gasteiger partial charge in [0.05, 0.1) is 0 Å². The van der Waals surface area contributed by atoms with E-state index < -0.39 is 0 Å². The van der Waals surface area contributed by atoms with Crippen molar-refractivity contribution in [1.82, 2.24) is 25.4 Å². The van der Waals surface area contributed by atoms with Crippen LogP contribution in [0.2, 0.25) is 0 Å².